The van der Waals surface area contributed by atoms with Crippen LogP contribution < -0.4 is 0 Å². The van der Waals surface area contributed by atoms with Crippen LogP contribution in [0.3, 0.4) is 0 Å². The van der Waals surface area contributed by atoms with Crippen molar-refractivity contribution in [3.8, 4) is 0 Å². The summed E-state index contributed by atoms with van der Waals surface area (Å²) in [5.41, 5.74) is 1.74. The van der Waals surface area contributed by atoms with E-state index in [1.807, 2.05) is 17.8 Å². The molecule has 0 saturated heterocycles. The number of aromatic nitrogens is 2. The van der Waals surface area contributed by atoms with Crippen molar-refractivity contribution in [2.75, 3.05) is 17.9 Å². The highest BCUT2D eigenvalue weighted by atomic mass is 35.5. The van der Waals surface area contributed by atoms with E-state index in [9.17, 15) is 4.39 Å². The summed E-state index contributed by atoms with van der Waals surface area (Å²) >= 11 is 7.73. The zero-order chi connectivity index (χ0) is 14.4. The fourth-order valence-electron chi connectivity index (χ4n) is 2.37. The number of fused-ring (bicyclic) bond motifs is 1. The van der Waals surface area contributed by atoms with Crippen molar-refractivity contribution in [3.63, 3.8) is 0 Å². The Kier molecular flexibility index (Phi) is 6.17. The first kappa shape index (κ1) is 15.6. The number of hydrogen-bond donors (Lipinski definition) is 0. The molecule has 0 saturated carbocycles. The first-order valence-electron chi connectivity index (χ1n) is 6.96. The van der Waals surface area contributed by atoms with Gasteiger partial charge in [-0.3, -0.25) is 0 Å². The average Bonchev–Trinajstić information content (AvgIpc) is 2.76. The summed E-state index contributed by atoms with van der Waals surface area (Å²) in [6, 6.07) is 4.81. The topological polar surface area (TPSA) is 17.8 Å². The molecule has 0 aliphatic rings. The molecular formula is C15H20ClFN2S. The summed E-state index contributed by atoms with van der Waals surface area (Å²) in [5.74, 6) is 2.48. The minimum atomic E-state index is -0.237. The lowest BCUT2D eigenvalue weighted by atomic mass is 10.2. The van der Waals surface area contributed by atoms with Gasteiger partial charge in [0.25, 0.3) is 0 Å². The third-order valence-corrected chi connectivity index (χ3v) is 4.22. The highest BCUT2D eigenvalue weighted by molar-refractivity contribution is 7.98. The molecule has 0 bridgehead atoms. The van der Waals surface area contributed by atoms with Gasteiger partial charge in [0.15, 0.2) is 0 Å². The number of rotatable bonds is 8. The Bertz CT molecular complexity index is 556. The Morgan fingerprint density at radius 3 is 2.90 bits per heavy atom. The zero-order valence-electron chi connectivity index (χ0n) is 11.7. The third kappa shape index (κ3) is 3.89. The number of halogens is 2. The van der Waals surface area contributed by atoms with E-state index in [1.165, 1.54) is 30.7 Å². The lowest BCUT2D eigenvalue weighted by molar-refractivity contribution is 0.596. The van der Waals surface area contributed by atoms with Crippen LogP contribution in [0.4, 0.5) is 4.39 Å². The summed E-state index contributed by atoms with van der Waals surface area (Å²) in [5, 5.41) is 0. The first-order chi connectivity index (χ1) is 9.76. The Labute approximate surface area is 128 Å². The lowest BCUT2D eigenvalue weighted by Crippen LogP contribution is -2.05. The van der Waals surface area contributed by atoms with Crippen molar-refractivity contribution >= 4 is 34.4 Å². The average molecular weight is 315 g/mol. The SMILES string of the molecule is CSCCCCCn1c(CCCl)nc2cc(F)ccc21. The van der Waals surface area contributed by atoms with Gasteiger partial charge in [0, 0.05) is 24.9 Å². The van der Waals surface area contributed by atoms with Crippen LogP contribution in [0.25, 0.3) is 11.0 Å². The monoisotopic (exact) mass is 314 g/mol. The minimum Gasteiger partial charge on any atom is -0.328 e. The quantitative estimate of drug-likeness (QED) is 0.528. The molecule has 0 aliphatic heterocycles. The highest BCUT2D eigenvalue weighted by Gasteiger charge is 2.10. The van der Waals surface area contributed by atoms with Crippen molar-refractivity contribution in [2.45, 2.75) is 32.2 Å². The molecule has 0 N–H and O–H groups in total. The van der Waals surface area contributed by atoms with Crippen LogP contribution in [0, 0.1) is 5.82 Å². The minimum absolute atomic E-state index is 0.237. The number of alkyl halides is 1. The Morgan fingerprint density at radius 1 is 1.30 bits per heavy atom. The van der Waals surface area contributed by atoms with Crippen LogP contribution in [-0.2, 0) is 13.0 Å². The molecular weight excluding hydrogens is 295 g/mol. The number of unbranched alkanes of at least 4 members (excludes halogenated alkanes) is 2. The highest BCUT2D eigenvalue weighted by Crippen LogP contribution is 2.19. The zero-order valence-corrected chi connectivity index (χ0v) is 13.3. The van der Waals surface area contributed by atoms with Gasteiger partial charge < -0.3 is 4.57 Å². The van der Waals surface area contributed by atoms with Gasteiger partial charge in [0.05, 0.1) is 11.0 Å². The van der Waals surface area contributed by atoms with E-state index in [1.54, 1.807) is 0 Å². The standard InChI is InChI=1S/C15H20ClFN2S/c1-20-10-4-2-3-9-19-14-6-5-12(17)11-13(14)18-15(19)7-8-16/h5-6,11H,2-4,7-10H2,1H3. The molecule has 5 heteroatoms. The number of aryl methyl sites for hydroxylation is 2. The Balaban J connectivity index is 2.13. The summed E-state index contributed by atoms with van der Waals surface area (Å²) in [4.78, 5) is 4.51. The van der Waals surface area contributed by atoms with Gasteiger partial charge >= 0.3 is 0 Å². The normalized spacial score (nSPS) is 11.3. The van der Waals surface area contributed by atoms with E-state index < -0.39 is 0 Å². The van der Waals surface area contributed by atoms with Crippen molar-refractivity contribution in [2.24, 2.45) is 0 Å². The van der Waals surface area contributed by atoms with E-state index in [4.69, 9.17) is 11.6 Å². The van der Waals surface area contributed by atoms with Crippen molar-refractivity contribution < 1.29 is 4.39 Å². The fourth-order valence-corrected chi connectivity index (χ4v) is 3.03. The predicted octanol–water partition coefficient (Wildman–Crippen LogP) is 4.49. The molecule has 0 unspecified atom stereocenters. The third-order valence-electron chi connectivity index (χ3n) is 3.34. The first-order valence-corrected chi connectivity index (χ1v) is 8.88. The molecule has 110 valence electrons. The largest absolute Gasteiger partial charge is 0.328 e. The second kappa shape index (κ2) is 7.89. The second-order valence-corrected chi connectivity index (χ2v) is 6.17. The predicted molar refractivity (Wildman–Crippen MR) is 86.3 cm³/mol. The molecule has 20 heavy (non-hydrogen) atoms. The maximum atomic E-state index is 13.3. The molecule has 0 amide bonds. The van der Waals surface area contributed by atoms with Crippen molar-refractivity contribution in [3.05, 3.63) is 29.8 Å². The maximum Gasteiger partial charge on any atom is 0.125 e. The number of hydrogen-bond acceptors (Lipinski definition) is 2. The van der Waals surface area contributed by atoms with Gasteiger partial charge in [-0.25, -0.2) is 9.37 Å². The van der Waals surface area contributed by atoms with Crippen LogP contribution in [0.2, 0.25) is 0 Å². The van der Waals surface area contributed by atoms with Crippen LogP contribution >= 0.6 is 23.4 Å². The molecule has 2 nitrogen and oxygen atoms in total. The summed E-state index contributed by atoms with van der Waals surface area (Å²) in [7, 11) is 0. The molecule has 1 aromatic carbocycles. The second-order valence-electron chi connectivity index (χ2n) is 4.81. The van der Waals surface area contributed by atoms with E-state index in [2.05, 4.69) is 15.8 Å². The van der Waals surface area contributed by atoms with Gasteiger partial charge in [-0.1, -0.05) is 6.42 Å². The van der Waals surface area contributed by atoms with Gasteiger partial charge in [-0.05, 0) is 37.0 Å². The number of imidazole rings is 1. The molecule has 2 rings (SSSR count). The van der Waals surface area contributed by atoms with Crippen LogP contribution in [0.5, 0.6) is 0 Å². The molecule has 0 spiro atoms. The molecule has 1 aromatic heterocycles. The van der Waals surface area contributed by atoms with Crippen LogP contribution in [-0.4, -0.2) is 27.4 Å². The van der Waals surface area contributed by atoms with E-state index >= 15 is 0 Å². The van der Waals surface area contributed by atoms with E-state index in [0.717, 1.165) is 36.2 Å². The smallest absolute Gasteiger partial charge is 0.125 e. The molecule has 0 radical (unpaired) electrons. The van der Waals surface area contributed by atoms with Gasteiger partial charge in [-0.2, -0.15) is 11.8 Å². The molecule has 2 aromatic rings. The number of nitrogens with zero attached hydrogens (tertiary/aromatic N) is 2. The van der Waals surface area contributed by atoms with E-state index in [0.29, 0.717) is 5.88 Å². The number of thioether (sulfide) groups is 1. The summed E-state index contributed by atoms with van der Waals surface area (Å²) in [6.45, 7) is 0.933. The fraction of sp³-hybridized carbons (Fsp3) is 0.533. The van der Waals surface area contributed by atoms with Gasteiger partial charge in [-0.15, -0.1) is 11.6 Å². The Morgan fingerprint density at radius 2 is 2.15 bits per heavy atom. The van der Waals surface area contributed by atoms with Crippen LogP contribution in [0.1, 0.15) is 25.1 Å². The summed E-state index contributed by atoms with van der Waals surface area (Å²) in [6.07, 6.45) is 6.44. The van der Waals surface area contributed by atoms with Crippen LogP contribution in [0.15, 0.2) is 18.2 Å². The lowest BCUT2D eigenvalue weighted by Gasteiger charge is -2.08. The van der Waals surface area contributed by atoms with Gasteiger partial charge in [0.2, 0.25) is 0 Å². The van der Waals surface area contributed by atoms with E-state index in [-0.39, 0.29) is 5.82 Å². The Hall–Kier alpha value is -0.740. The van der Waals surface area contributed by atoms with Gasteiger partial charge in [0.1, 0.15) is 11.6 Å². The van der Waals surface area contributed by atoms with Crippen molar-refractivity contribution in [1.29, 1.82) is 0 Å². The molecule has 0 aliphatic carbocycles. The summed E-state index contributed by atoms with van der Waals surface area (Å²) < 4.78 is 15.5. The molecule has 0 fully saturated rings. The number of benzene rings is 1. The maximum absolute atomic E-state index is 13.3. The van der Waals surface area contributed by atoms with Crippen molar-refractivity contribution in [1.82, 2.24) is 9.55 Å². The molecule has 0 atom stereocenters. The molecule has 1 heterocycles.